The Hall–Kier alpha value is -2.48. The summed E-state index contributed by atoms with van der Waals surface area (Å²) in [7, 11) is 1.59. The maximum atomic E-state index is 10.6. The molecule has 3 aromatic rings. The summed E-state index contributed by atoms with van der Waals surface area (Å²) in [5.74, 6) is 1.23. The molecule has 0 aliphatic heterocycles. The number of aliphatic hydroxyl groups is 1. The minimum Gasteiger partial charge on any atom is -0.493 e. The second kappa shape index (κ2) is 11.8. The zero-order chi connectivity index (χ0) is 21.5. The number of fused-ring (bicyclic) bond motifs is 1. The lowest BCUT2D eigenvalue weighted by molar-refractivity contribution is 0.0905. The highest BCUT2D eigenvalue weighted by Crippen LogP contribution is 2.25. The predicted molar refractivity (Wildman–Crippen MR) is 125 cm³/mol. The zero-order valence-electron chi connectivity index (χ0n) is 18.5. The van der Waals surface area contributed by atoms with E-state index in [0.717, 1.165) is 37.2 Å². The van der Waals surface area contributed by atoms with Gasteiger partial charge >= 0.3 is 0 Å². The number of hydrogen-bond acceptors (Lipinski definition) is 5. The van der Waals surface area contributed by atoms with Gasteiger partial charge in [0.25, 0.3) is 0 Å². The third-order valence-electron chi connectivity index (χ3n) is 5.40. The summed E-state index contributed by atoms with van der Waals surface area (Å²) in [5, 5.41) is 19.3. The Balaban J connectivity index is 0.00000341. The van der Waals surface area contributed by atoms with Gasteiger partial charge in [-0.15, -0.1) is 12.4 Å². The number of imidazole rings is 1. The van der Waals surface area contributed by atoms with E-state index in [9.17, 15) is 5.11 Å². The van der Waals surface area contributed by atoms with Crippen LogP contribution < -0.4 is 15.1 Å². The topological polar surface area (TPSA) is 75.6 Å². The van der Waals surface area contributed by atoms with Crippen LogP contribution in [0, 0.1) is 5.41 Å². The molecule has 1 unspecified atom stereocenters. The lowest BCUT2D eigenvalue weighted by Gasteiger charge is -2.18. The standard InChI is InChI=1S/C23H32N4O3.ClH/c1-4-25(5-2)14-15-26-19-10-6-7-11-20(19)27(23(26)24)16-18(28)17-30-22-13-9-8-12-21(22)29-3;/h6-13,18,24,28H,4-5,14-17H2,1-3H3;1H. The lowest BCUT2D eigenvalue weighted by atomic mass is 10.3. The molecule has 0 bridgehead atoms. The van der Waals surface area contributed by atoms with Crippen LogP contribution in [-0.2, 0) is 13.1 Å². The molecule has 31 heavy (non-hydrogen) atoms. The number of halogens is 1. The Kier molecular flexibility index (Phi) is 9.43. The van der Waals surface area contributed by atoms with Crippen LogP contribution in [0.1, 0.15) is 13.8 Å². The Morgan fingerprint density at radius 2 is 1.55 bits per heavy atom. The number of ether oxygens (including phenoxy) is 2. The van der Waals surface area contributed by atoms with Gasteiger partial charge in [0.05, 0.1) is 24.7 Å². The van der Waals surface area contributed by atoms with E-state index in [2.05, 4.69) is 18.7 Å². The average Bonchev–Trinajstić information content (AvgIpc) is 3.04. The van der Waals surface area contributed by atoms with Gasteiger partial charge in [0, 0.05) is 13.1 Å². The third-order valence-corrected chi connectivity index (χ3v) is 5.40. The molecule has 0 aliphatic rings. The molecular formula is C23H33ClN4O3. The summed E-state index contributed by atoms with van der Waals surface area (Å²) in [4.78, 5) is 2.34. The Morgan fingerprint density at radius 3 is 2.16 bits per heavy atom. The second-order valence-electron chi connectivity index (χ2n) is 7.22. The van der Waals surface area contributed by atoms with E-state index in [-0.39, 0.29) is 25.6 Å². The van der Waals surface area contributed by atoms with Crippen molar-refractivity contribution in [2.45, 2.75) is 33.0 Å². The molecule has 0 saturated carbocycles. The smallest absolute Gasteiger partial charge is 0.203 e. The molecule has 7 nitrogen and oxygen atoms in total. The number of methoxy groups -OCH3 is 1. The molecule has 0 amide bonds. The predicted octanol–water partition coefficient (Wildman–Crippen LogP) is 3.13. The molecule has 0 aliphatic carbocycles. The van der Waals surface area contributed by atoms with E-state index in [4.69, 9.17) is 14.9 Å². The van der Waals surface area contributed by atoms with Gasteiger partial charge in [-0.25, -0.2) is 0 Å². The van der Waals surface area contributed by atoms with Crippen LogP contribution >= 0.6 is 12.4 Å². The fourth-order valence-electron chi connectivity index (χ4n) is 3.67. The van der Waals surface area contributed by atoms with Gasteiger partial charge in [-0.1, -0.05) is 38.1 Å². The van der Waals surface area contributed by atoms with Crippen LogP contribution in [-0.4, -0.2) is 58.6 Å². The normalized spacial score (nSPS) is 12.0. The van der Waals surface area contributed by atoms with Gasteiger partial charge in [-0.2, -0.15) is 0 Å². The summed E-state index contributed by atoms with van der Waals surface area (Å²) in [6, 6.07) is 15.3. The fraction of sp³-hybridized carbons (Fsp3) is 0.435. The number of benzene rings is 2. The molecule has 0 saturated heterocycles. The maximum Gasteiger partial charge on any atom is 0.203 e. The molecule has 0 spiro atoms. The van der Waals surface area contributed by atoms with Crippen LogP contribution in [0.5, 0.6) is 11.5 Å². The second-order valence-corrected chi connectivity index (χ2v) is 7.22. The Bertz CT molecular complexity index is 1010. The lowest BCUT2D eigenvalue weighted by Crippen LogP contribution is -2.34. The van der Waals surface area contributed by atoms with Gasteiger partial charge in [0.15, 0.2) is 11.5 Å². The van der Waals surface area contributed by atoms with E-state index in [1.807, 2.05) is 57.7 Å². The van der Waals surface area contributed by atoms with Crippen molar-refractivity contribution in [2.24, 2.45) is 0 Å². The Morgan fingerprint density at radius 1 is 0.968 bits per heavy atom. The first-order chi connectivity index (χ1) is 14.6. The van der Waals surface area contributed by atoms with Crippen LogP contribution in [0.15, 0.2) is 48.5 Å². The van der Waals surface area contributed by atoms with Crippen molar-refractivity contribution in [1.29, 1.82) is 5.41 Å². The summed E-state index contributed by atoms with van der Waals surface area (Å²) in [5.41, 5.74) is 2.34. The van der Waals surface area contributed by atoms with Crippen molar-refractivity contribution in [1.82, 2.24) is 14.0 Å². The minimum atomic E-state index is -0.758. The van der Waals surface area contributed by atoms with E-state index in [1.54, 1.807) is 7.11 Å². The quantitative estimate of drug-likeness (QED) is 0.472. The Labute approximate surface area is 189 Å². The highest BCUT2D eigenvalue weighted by Gasteiger charge is 2.15. The molecule has 8 heteroatoms. The SMILES string of the molecule is CCN(CC)CCn1c(=N)n(CC(O)COc2ccccc2OC)c2ccccc21.Cl. The first kappa shape index (κ1) is 24.8. The summed E-state index contributed by atoms with van der Waals surface area (Å²) in [6.07, 6.45) is -0.758. The van der Waals surface area contributed by atoms with Gasteiger partial charge in [-0.05, 0) is 37.4 Å². The van der Waals surface area contributed by atoms with Crippen LogP contribution in [0.2, 0.25) is 0 Å². The molecule has 3 rings (SSSR count). The third kappa shape index (κ3) is 5.81. The van der Waals surface area contributed by atoms with E-state index < -0.39 is 6.10 Å². The van der Waals surface area contributed by atoms with Crippen molar-refractivity contribution in [3.8, 4) is 11.5 Å². The van der Waals surface area contributed by atoms with Gasteiger partial charge < -0.3 is 28.6 Å². The number of rotatable bonds is 11. The van der Waals surface area contributed by atoms with E-state index in [1.165, 1.54) is 0 Å². The van der Waals surface area contributed by atoms with Crippen molar-refractivity contribution in [3.05, 3.63) is 54.1 Å². The van der Waals surface area contributed by atoms with Crippen molar-refractivity contribution >= 4 is 23.4 Å². The monoisotopic (exact) mass is 448 g/mol. The van der Waals surface area contributed by atoms with Crippen LogP contribution in [0.4, 0.5) is 0 Å². The van der Waals surface area contributed by atoms with Crippen molar-refractivity contribution < 1.29 is 14.6 Å². The number of aromatic nitrogens is 2. The highest BCUT2D eigenvalue weighted by atomic mass is 35.5. The van der Waals surface area contributed by atoms with Crippen molar-refractivity contribution in [3.63, 3.8) is 0 Å². The summed E-state index contributed by atoms with van der Waals surface area (Å²) >= 11 is 0. The van der Waals surface area contributed by atoms with Crippen molar-refractivity contribution in [2.75, 3.05) is 33.4 Å². The minimum absolute atomic E-state index is 0. The maximum absolute atomic E-state index is 10.6. The molecule has 0 fully saturated rings. The van der Waals surface area contributed by atoms with Gasteiger partial charge in [-0.3, -0.25) is 5.41 Å². The fourth-order valence-corrected chi connectivity index (χ4v) is 3.67. The molecule has 2 aromatic carbocycles. The number of nitrogens with one attached hydrogen (secondary N) is 1. The average molecular weight is 449 g/mol. The number of likely N-dealkylation sites (N-methyl/N-ethyl adjacent to an activating group) is 1. The largest absolute Gasteiger partial charge is 0.493 e. The summed E-state index contributed by atoms with van der Waals surface area (Å²) < 4.78 is 14.9. The first-order valence-electron chi connectivity index (χ1n) is 10.5. The van der Waals surface area contributed by atoms with Gasteiger partial charge in [0.2, 0.25) is 5.62 Å². The van der Waals surface area contributed by atoms with Crippen LogP contribution in [0.3, 0.4) is 0 Å². The highest BCUT2D eigenvalue weighted by molar-refractivity contribution is 5.85. The molecular weight excluding hydrogens is 416 g/mol. The number of para-hydroxylation sites is 4. The molecule has 170 valence electrons. The van der Waals surface area contributed by atoms with Crippen LogP contribution in [0.25, 0.3) is 11.0 Å². The number of hydrogen-bond donors (Lipinski definition) is 2. The molecule has 0 radical (unpaired) electrons. The number of aliphatic hydroxyl groups excluding tert-OH is 1. The van der Waals surface area contributed by atoms with Gasteiger partial charge in [0.1, 0.15) is 12.7 Å². The summed E-state index contributed by atoms with van der Waals surface area (Å²) in [6.45, 7) is 8.30. The molecule has 1 heterocycles. The molecule has 1 aromatic heterocycles. The molecule has 2 N–H and O–H groups in total. The van der Waals surface area contributed by atoms with E-state index >= 15 is 0 Å². The van der Waals surface area contributed by atoms with E-state index in [0.29, 0.717) is 17.1 Å². The number of nitrogens with zero attached hydrogens (tertiary/aromatic N) is 3. The zero-order valence-corrected chi connectivity index (χ0v) is 19.3. The first-order valence-corrected chi connectivity index (χ1v) is 10.5. The molecule has 1 atom stereocenters.